The smallest absolute Gasteiger partial charge is 0.182 e. The maximum Gasteiger partial charge on any atom is 0.182 e. The standard InChI is InChI=1S/C13H9N7/c14-5-9-2-1-3-10(4-9)6-19-20-13-11-12(16-7-15-11)17-8-18-13/h1-4,6-8H,(H2,15,16,17,18,20)/b19-6+. The molecule has 96 valence electrons. The fourth-order valence-electron chi connectivity index (χ4n) is 1.71. The average Bonchev–Trinajstić information content (AvgIpc) is 2.97. The molecule has 0 aliphatic rings. The van der Waals surface area contributed by atoms with Crippen molar-refractivity contribution in [3.05, 3.63) is 48.0 Å². The number of aromatic nitrogens is 4. The molecule has 0 aliphatic carbocycles. The number of anilines is 1. The molecule has 3 rings (SSSR count). The Labute approximate surface area is 114 Å². The van der Waals surface area contributed by atoms with Crippen LogP contribution >= 0.6 is 0 Å². The average molecular weight is 263 g/mol. The van der Waals surface area contributed by atoms with Crippen molar-refractivity contribution in [1.82, 2.24) is 19.9 Å². The number of aromatic amines is 1. The summed E-state index contributed by atoms with van der Waals surface area (Å²) >= 11 is 0. The largest absolute Gasteiger partial charge is 0.340 e. The first-order valence-electron chi connectivity index (χ1n) is 5.80. The minimum Gasteiger partial charge on any atom is -0.340 e. The molecule has 0 spiro atoms. The molecule has 2 heterocycles. The number of hydrogen-bond donors (Lipinski definition) is 2. The third kappa shape index (κ3) is 2.30. The minimum absolute atomic E-state index is 0.542. The van der Waals surface area contributed by atoms with Gasteiger partial charge < -0.3 is 4.98 Å². The lowest BCUT2D eigenvalue weighted by atomic mass is 10.1. The van der Waals surface area contributed by atoms with Gasteiger partial charge in [0.1, 0.15) is 11.8 Å². The molecule has 0 aliphatic heterocycles. The molecule has 0 fully saturated rings. The Balaban J connectivity index is 1.80. The number of fused-ring (bicyclic) bond motifs is 1. The summed E-state index contributed by atoms with van der Waals surface area (Å²) in [4.78, 5) is 15.1. The van der Waals surface area contributed by atoms with E-state index in [1.54, 1.807) is 30.7 Å². The van der Waals surface area contributed by atoms with Crippen molar-refractivity contribution in [3.63, 3.8) is 0 Å². The highest BCUT2D eigenvalue weighted by atomic mass is 15.3. The molecule has 3 aromatic rings. The van der Waals surface area contributed by atoms with Crippen LogP contribution in [0.25, 0.3) is 11.2 Å². The highest BCUT2D eigenvalue weighted by Crippen LogP contribution is 2.13. The molecule has 0 bridgehead atoms. The normalized spacial score (nSPS) is 10.8. The number of nitrogens with one attached hydrogen (secondary N) is 2. The number of nitriles is 1. The van der Waals surface area contributed by atoms with Crippen LogP contribution in [0.5, 0.6) is 0 Å². The third-order valence-electron chi connectivity index (χ3n) is 2.62. The zero-order valence-electron chi connectivity index (χ0n) is 10.3. The Morgan fingerprint density at radius 3 is 3.15 bits per heavy atom. The van der Waals surface area contributed by atoms with Crippen molar-refractivity contribution < 1.29 is 0 Å². The lowest BCUT2D eigenvalue weighted by Gasteiger charge is -1.99. The third-order valence-corrected chi connectivity index (χ3v) is 2.62. The SMILES string of the molecule is N#Cc1cccc(/C=N/Nc2ncnc3nc[nH]c23)c1. The Morgan fingerprint density at radius 1 is 1.30 bits per heavy atom. The summed E-state index contributed by atoms with van der Waals surface area (Å²) in [5.74, 6) is 0.542. The van der Waals surface area contributed by atoms with E-state index >= 15 is 0 Å². The van der Waals surface area contributed by atoms with E-state index in [1.165, 1.54) is 6.33 Å². The van der Waals surface area contributed by atoms with E-state index < -0.39 is 0 Å². The van der Waals surface area contributed by atoms with Crippen LogP contribution in [0.4, 0.5) is 5.82 Å². The molecular weight excluding hydrogens is 254 g/mol. The van der Waals surface area contributed by atoms with Crippen molar-refractivity contribution in [3.8, 4) is 6.07 Å². The molecule has 7 nitrogen and oxygen atoms in total. The number of imidazole rings is 1. The Kier molecular flexibility index (Phi) is 3.04. The van der Waals surface area contributed by atoms with Crippen LogP contribution < -0.4 is 5.43 Å². The van der Waals surface area contributed by atoms with Gasteiger partial charge in [-0.25, -0.2) is 15.0 Å². The number of H-pyrrole nitrogens is 1. The van der Waals surface area contributed by atoms with Crippen molar-refractivity contribution in [1.29, 1.82) is 5.26 Å². The van der Waals surface area contributed by atoms with E-state index in [9.17, 15) is 0 Å². The molecule has 2 N–H and O–H groups in total. The van der Waals surface area contributed by atoms with E-state index in [0.717, 1.165) is 5.56 Å². The summed E-state index contributed by atoms with van der Waals surface area (Å²) in [5, 5.41) is 12.9. The second kappa shape index (κ2) is 5.16. The molecule has 20 heavy (non-hydrogen) atoms. The van der Waals surface area contributed by atoms with E-state index in [2.05, 4.69) is 36.5 Å². The highest BCUT2D eigenvalue weighted by Gasteiger charge is 2.03. The highest BCUT2D eigenvalue weighted by molar-refractivity contribution is 5.84. The quantitative estimate of drug-likeness (QED) is 0.552. The van der Waals surface area contributed by atoms with Crippen molar-refractivity contribution in [2.24, 2.45) is 5.10 Å². The maximum absolute atomic E-state index is 8.82. The summed E-state index contributed by atoms with van der Waals surface area (Å²) in [6.07, 6.45) is 4.58. The van der Waals surface area contributed by atoms with Crippen molar-refractivity contribution in [2.45, 2.75) is 0 Å². The molecule has 0 unspecified atom stereocenters. The van der Waals surface area contributed by atoms with Crippen LogP contribution in [0, 0.1) is 11.3 Å². The zero-order chi connectivity index (χ0) is 13.8. The fraction of sp³-hybridized carbons (Fsp3) is 0. The van der Waals surface area contributed by atoms with E-state index in [4.69, 9.17) is 5.26 Å². The number of hydrogen-bond acceptors (Lipinski definition) is 6. The van der Waals surface area contributed by atoms with Crippen molar-refractivity contribution >= 4 is 23.2 Å². The van der Waals surface area contributed by atoms with E-state index in [1.807, 2.05) is 6.07 Å². The summed E-state index contributed by atoms with van der Waals surface area (Å²) in [5.41, 5.74) is 5.50. The number of rotatable bonds is 3. The zero-order valence-corrected chi connectivity index (χ0v) is 10.3. The van der Waals surface area contributed by atoms with E-state index in [-0.39, 0.29) is 0 Å². The van der Waals surface area contributed by atoms with Crippen LogP contribution in [-0.4, -0.2) is 26.2 Å². The first-order valence-corrected chi connectivity index (χ1v) is 5.80. The summed E-state index contributed by atoms with van der Waals surface area (Å²) in [6, 6.07) is 9.23. The Hall–Kier alpha value is -3.27. The second-order valence-electron chi connectivity index (χ2n) is 3.93. The molecule has 0 radical (unpaired) electrons. The topological polar surface area (TPSA) is 103 Å². The lowest BCUT2D eigenvalue weighted by molar-refractivity contribution is 1.17. The minimum atomic E-state index is 0.542. The number of nitrogens with zero attached hydrogens (tertiary/aromatic N) is 5. The predicted molar refractivity (Wildman–Crippen MR) is 74.1 cm³/mol. The van der Waals surface area contributed by atoms with Gasteiger partial charge in [-0.2, -0.15) is 10.4 Å². The molecule has 1 aromatic carbocycles. The van der Waals surface area contributed by atoms with Gasteiger partial charge >= 0.3 is 0 Å². The molecule has 2 aromatic heterocycles. The van der Waals surface area contributed by atoms with Gasteiger partial charge in [0.2, 0.25) is 0 Å². The predicted octanol–water partition coefficient (Wildman–Crippen LogP) is 1.67. The molecular formula is C13H9N7. The summed E-state index contributed by atoms with van der Waals surface area (Å²) in [6.45, 7) is 0. The van der Waals surface area contributed by atoms with Gasteiger partial charge in [0.05, 0.1) is 24.2 Å². The first-order chi connectivity index (χ1) is 9.86. The monoisotopic (exact) mass is 263 g/mol. The maximum atomic E-state index is 8.82. The van der Waals surface area contributed by atoms with Gasteiger partial charge in [-0.15, -0.1) is 0 Å². The van der Waals surface area contributed by atoms with Gasteiger partial charge in [-0.3, -0.25) is 5.43 Å². The van der Waals surface area contributed by atoms with Crippen LogP contribution in [0.15, 0.2) is 42.0 Å². The van der Waals surface area contributed by atoms with Crippen LogP contribution in [-0.2, 0) is 0 Å². The number of hydrazone groups is 1. The molecule has 0 saturated carbocycles. The first kappa shape index (κ1) is 11.8. The Bertz CT molecular complexity index is 813. The van der Waals surface area contributed by atoms with Crippen LogP contribution in [0.2, 0.25) is 0 Å². The molecule has 0 saturated heterocycles. The van der Waals surface area contributed by atoms with E-state index in [0.29, 0.717) is 22.5 Å². The molecule has 0 amide bonds. The fourth-order valence-corrected chi connectivity index (χ4v) is 1.71. The summed E-state index contributed by atoms with van der Waals surface area (Å²) in [7, 11) is 0. The van der Waals surface area contributed by atoms with Gasteiger partial charge in [-0.05, 0) is 17.7 Å². The Morgan fingerprint density at radius 2 is 2.25 bits per heavy atom. The lowest BCUT2D eigenvalue weighted by Crippen LogP contribution is -1.95. The van der Waals surface area contributed by atoms with Crippen LogP contribution in [0.3, 0.4) is 0 Å². The van der Waals surface area contributed by atoms with Gasteiger partial charge in [0, 0.05) is 0 Å². The van der Waals surface area contributed by atoms with Gasteiger partial charge in [-0.1, -0.05) is 12.1 Å². The van der Waals surface area contributed by atoms with Gasteiger partial charge in [0.25, 0.3) is 0 Å². The second-order valence-corrected chi connectivity index (χ2v) is 3.93. The number of benzene rings is 1. The van der Waals surface area contributed by atoms with Gasteiger partial charge in [0.15, 0.2) is 11.5 Å². The molecule has 7 heteroatoms. The summed E-state index contributed by atoms with van der Waals surface area (Å²) < 4.78 is 0. The van der Waals surface area contributed by atoms with Crippen LogP contribution in [0.1, 0.15) is 11.1 Å². The van der Waals surface area contributed by atoms with Crippen molar-refractivity contribution in [2.75, 3.05) is 5.43 Å². The molecule has 0 atom stereocenters.